The lowest BCUT2D eigenvalue weighted by Crippen LogP contribution is -2.42. The van der Waals surface area contributed by atoms with Crippen LogP contribution in [0.2, 0.25) is 0 Å². The minimum atomic E-state index is -1.47. The van der Waals surface area contributed by atoms with Gasteiger partial charge in [-0.15, -0.1) is 0 Å². The zero-order chi connectivity index (χ0) is 16.8. The first-order valence-electron chi connectivity index (χ1n) is 7.19. The minimum Gasteiger partial charge on any atom is -0.467 e. The number of aliphatic hydroxyl groups excluding tert-OH is 1. The number of benzene rings is 2. The summed E-state index contributed by atoms with van der Waals surface area (Å²) in [5.74, 6) is -1.08. The fourth-order valence-corrected chi connectivity index (χ4v) is 2.43. The van der Waals surface area contributed by atoms with Gasteiger partial charge in [0.25, 0.3) is 5.91 Å². The van der Waals surface area contributed by atoms with Crippen molar-refractivity contribution >= 4 is 11.9 Å². The van der Waals surface area contributed by atoms with Crippen molar-refractivity contribution in [2.45, 2.75) is 12.1 Å². The number of aliphatic hydroxyl groups is 1. The van der Waals surface area contributed by atoms with Gasteiger partial charge in [0.15, 0.2) is 6.10 Å². The largest absolute Gasteiger partial charge is 0.467 e. The first kappa shape index (κ1) is 16.7. The number of nitrogens with zero attached hydrogens (tertiary/aromatic N) is 1. The molecular formula is C18H19NO4. The van der Waals surface area contributed by atoms with Crippen LogP contribution in [-0.4, -0.2) is 42.1 Å². The molecule has 1 amide bonds. The number of methoxy groups -OCH3 is 1. The standard InChI is InChI=1S/C18H19NO4/c1-19(17(21)14-11-7-4-8-12-14)15(16(20)18(22)23-2)13-9-5-3-6-10-13/h3-12,15-16,20H,1-2H3/t15?,16-/m1/s1. The second-order valence-corrected chi connectivity index (χ2v) is 5.11. The van der Waals surface area contributed by atoms with E-state index < -0.39 is 18.1 Å². The molecule has 1 N–H and O–H groups in total. The summed E-state index contributed by atoms with van der Waals surface area (Å²) in [5, 5.41) is 10.3. The number of carbonyl (C=O) groups is 2. The van der Waals surface area contributed by atoms with Gasteiger partial charge in [-0.1, -0.05) is 48.5 Å². The lowest BCUT2D eigenvalue weighted by Gasteiger charge is -2.31. The summed E-state index contributed by atoms with van der Waals surface area (Å²) in [5.41, 5.74) is 1.13. The number of esters is 1. The van der Waals surface area contributed by atoms with Crippen LogP contribution in [-0.2, 0) is 9.53 Å². The SMILES string of the molecule is COC(=O)[C@H](O)C(c1ccccc1)N(C)C(=O)c1ccccc1. The molecule has 0 aliphatic heterocycles. The van der Waals surface area contributed by atoms with E-state index in [1.165, 1.54) is 12.0 Å². The third-order valence-electron chi connectivity index (χ3n) is 3.64. The minimum absolute atomic E-state index is 0.289. The summed E-state index contributed by atoms with van der Waals surface area (Å²) in [6, 6.07) is 16.8. The summed E-state index contributed by atoms with van der Waals surface area (Å²) in [7, 11) is 2.76. The summed E-state index contributed by atoms with van der Waals surface area (Å²) in [4.78, 5) is 25.8. The average Bonchev–Trinajstić information content (AvgIpc) is 2.62. The molecule has 0 radical (unpaired) electrons. The van der Waals surface area contributed by atoms with Gasteiger partial charge in [-0.2, -0.15) is 0 Å². The van der Waals surface area contributed by atoms with E-state index in [-0.39, 0.29) is 5.91 Å². The highest BCUT2D eigenvalue weighted by Crippen LogP contribution is 2.25. The zero-order valence-corrected chi connectivity index (χ0v) is 13.0. The number of hydrogen-bond donors (Lipinski definition) is 1. The Bertz CT molecular complexity index is 657. The van der Waals surface area contributed by atoms with Crippen LogP contribution >= 0.6 is 0 Å². The van der Waals surface area contributed by atoms with Gasteiger partial charge >= 0.3 is 5.97 Å². The molecule has 0 saturated heterocycles. The van der Waals surface area contributed by atoms with Crippen molar-refractivity contribution in [3.05, 3.63) is 71.8 Å². The number of carbonyl (C=O) groups excluding carboxylic acids is 2. The predicted molar refractivity (Wildman–Crippen MR) is 85.7 cm³/mol. The molecule has 0 fully saturated rings. The smallest absolute Gasteiger partial charge is 0.337 e. The van der Waals surface area contributed by atoms with Crippen molar-refractivity contribution in [1.29, 1.82) is 0 Å². The molecule has 23 heavy (non-hydrogen) atoms. The van der Waals surface area contributed by atoms with Crippen LogP contribution < -0.4 is 0 Å². The quantitative estimate of drug-likeness (QED) is 0.858. The van der Waals surface area contributed by atoms with Gasteiger partial charge in [0, 0.05) is 12.6 Å². The van der Waals surface area contributed by atoms with Crippen LogP contribution in [0.15, 0.2) is 60.7 Å². The molecule has 0 aliphatic carbocycles. The molecule has 0 saturated carbocycles. The average molecular weight is 313 g/mol. The molecule has 0 aromatic heterocycles. The van der Waals surface area contributed by atoms with Crippen LogP contribution in [0, 0.1) is 0 Å². The van der Waals surface area contributed by atoms with E-state index >= 15 is 0 Å². The maximum Gasteiger partial charge on any atom is 0.337 e. The summed E-state index contributed by atoms with van der Waals surface area (Å²) < 4.78 is 4.62. The van der Waals surface area contributed by atoms with Crippen molar-refractivity contribution in [3.63, 3.8) is 0 Å². The second-order valence-electron chi connectivity index (χ2n) is 5.11. The molecule has 2 rings (SSSR count). The normalized spacial score (nSPS) is 13.0. The van der Waals surface area contributed by atoms with Gasteiger partial charge in [-0.05, 0) is 17.7 Å². The van der Waals surface area contributed by atoms with E-state index in [2.05, 4.69) is 4.74 Å². The molecule has 1 unspecified atom stereocenters. The summed E-state index contributed by atoms with van der Waals surface area (Å²) >= 11 is 0. The first-order valence-corrected chi connectivity index (χ1v) is 7.19. The van der Waals surface area contributed by atoms with Crippen molar-refractivity contribution in [2.24, 2.45) is 0 Å². The molecule has 0 heterocycles. The highest BCUT2D eigenvalue weighted by molar-refractivity contribution is 5.94. The zero-order valence-electron chi connectivity index (χ0n) is 13.0. The molecular weight excluding hydrogens is 294 g/mol. The maximum atomic E-state index is 12.6. The number of likely N-dealkylation sites (N-methyl/N-ethyl adjacent to an activating group) is 1. The highest BCUT2D eigenvalue weighted by Gasteiger charge is 2.34. The fraction of sp³-hybridized carbons (Fsp3) is 0.222. The van der Waals surface area contributed by atoms with E-state index in [4.69, 9.17) is 0 Å². The molecule has 0 bridgehead atoms. The Labute approximate surface area is 135 Å². The Kier molecular flexibility index (Phi) is 5.49. The number of ether oxygens (including phenoxy) is 1. The van der Waals surface area contributed by atoms with Gasteiger partial charge in [0.05, 0.1) is 13.2 Å². The van der Waals surface area contributed by atoms with Gasteiger partial charge in [-0.3, -0.25) is 4.79 Å². The summed E-state index contributed by atoms with van der Waals surface area (Å²) in [6.07, 6.45) is -1.47. The maximum absolute atomic E-state index is 12.6. The van der Waals surface area contributed by atoms with Crippen LogP contribution in [0.1, 0.15) is 22.0 Å². The van der Waals surface area contributed by atoms with E-state index in [1.807, 2.05) is 12.1 Å². The lowest BCUT2D eigenvalue weighted by atomic mass is 9.99. The molecule has 0 aliphatic rings. The van der Waals surface area contributed by atoms with Gasteiger partial charge in [0.2, 0.25) is 0 Å². The molecule has 2 atom stereocenters. The van der Waals surface area contributed by atoms with Crippen molar-refractivity contribution in [2.75, 3.05) is 14.2 Å². The van der Waals surface area contributed by atoms with E-state index in [0.717, 1.165) is 0 Å². The lowest BCUT2D eigenvalue weighted by molar-refractivity contribution is -0.153. The van der Waals surface area contributed by atoms with E-state index in [9.17, 15) is 14.7 Å². The third-order valence-corrected chi connectivity index (χ3v) is 3.64. The van der Waals surface area contributed by atoms with Crippen LogP contribution in [0.3, 0.4) is 0 Å². The Morgan fingerprint density at radius 2 is 1.52 bits per heavy atom. The van der Waals surface area contributed by atoms with Crippen LogP contribution in [0.4, 0.5) is 0 Å². The third kappa shape index (κ3) is 3.76. The van der Waals surface area contributed by atoms with E-state index in [1.54, 1.807) is 55.6 Å². The predicted octanol–water partition coefficient (Wildman–Crippen LogP) is 2.03. The number of amides is 1. The molecule has 120 valence electrons. The number of rotatable bonds is 5. The van der Waals surface area contributed by atoms with Crippen molar-refractivity contribution in [1.82, 2.24) is 4.90 Å². The number of hydrogen-bond acceptors (Lipinski definition) is 4. The molecule has 2 aromatic rings. The Morgan fingerprint density at radius 3 is 2.04 bits per heavy atom. The van der Waals surface area contributed by atoms with Gasteiger partial charge < -0.3 is 14.7 Å². The highest BCUT2D eigenvalue weighted by atomic mass is 16.5. The molecule has 5 heteroatoms. The van der Waals surface area contributed by atoms with Crippen molar-refractivity contribution < 1.29 is 19.4 Å². The molecule has 2 aromatic carbocycles. The van der Waals surface area contributed by atoms with Crippen molar-refractivity contribution in [3.8, 4) is 0 Å². The molecule has 0 spiro atoms. The van der Waals surface area contributed by atoms with Gasteiger partial charge in [-0.25, -0.2) is 4.79 Å². The van der Waals surface area contributed by atoms with E-state index in [0.29, 0.717) is 11.1 Å². The Hall–Kier alpha value is -2.66. The Morgan fingerprint density at radius 1 is 1.00 bits per heavy atom. The monoisotopic (exact) mass is 313 g/mol. The molecule has 5 nitrogen and oxygen atoms in total. The topological polar surface area (TPSA) is 66.8 Å². The van der Waals surface area contributed by atoms with Gasteiger partial charge in [0.1, 0.15) is 0 Å². The first-order chi connectivity index (χ1) is 11.1. The summed E-state index contributed by atoms with van der Waals surface area (Å²) in [6.45, 7) is 0. The van der Waals surface area contributed by atoms with Crippen LogP contribution in [0.5, 0.6) is 0 Å². The second kappa shape index (κ2) is 7.56. The fourth-order valence-electron chi connectivity index (χ4n) is 2.43. The van der Waals surface area contributed by atoms with Crippen LogP contribution in [0.25, 0.3) is 0 Å². The Balaban J connectivity index is 2.37.